The third kappa shape index (κ3) is 3.79. The van der Waals surface area contributed by atoms with Crippen LogP contribution in [0.25, 0.3) is 0 Å². The molecule has 0 spiro atoms. The van der Waals surface area contributed by atoms with Gasteiger partial charge < -0.3 is 5.73 Å². The van der Waals surface area contributed by atoms with Gasteiger partial charge in [0.05, 0.1) is 11.0 Å². The van der Waals surface area contributed by atoms with Gasteiger partial charge in [-0.1, -0.05) is 19.3 Å². The lowest BCUT2D eigenvalue weighted by molar-refractivity contribution is -0.138. The molecule has 1 heterocycles. The predicted octanol–water partition coefficient (Wildman–Crippen LogP) is 2.75. The van der Waals surface area contributed by atoms with Crippen LogP contribution >= 0.6 is 0 Å². The molecule has 140 valence electrons. The fourth-order valence-electron chi connectivity index (χ4n) is 3.30. The summed E-state index contributed by atoms with van der Waals surface area (Å²) in [4.78, 5) is 16.0. The van der Waals surface area contributed by atoms with Gasteiger partial charge in [0.1, 0.15) is 5.82 Å². The van der Waals surface area contributed by atoms with Crippen LogP contribution in [0.3, 0.4) is 0 Å². The summed E-state index contributed by atoms with van der Waals surface area (Å²) in [6.45, 7) is 1.60. The molecule has 1 saturated carbocycles. The van der Waals surface area contributed by atoms with Crippen LogP contribution < -0.4 is 10.0 Å². The summed E-state index contributed by atoms with van der Waals surface area (Å²) >= 11 is -2.49. The highest BCUT2D eigenvalue weighted by molar-refractivity contribution is 7.80. The third-order valence-corrected chi connectivity index (χ3v) is 5.41. The summed E-state index contributed by atoms with van der Waals surface area (Å²) in [7, 11) is 0. The van der Waals surface area contributed by atoms with E-state index in [0.29, 0.717) is 19.0 Å². The zero-order chi connectivity index (χ0) is 18.8. The number of nitrogens with two attached hydrogens (primary N) is 1. The van der Waals surface area contributed by atoms with Crippen molar-refractivity contribution >= 4 is 23.0 Å². The number of nitrogens with zero attached hydrogens (tertiary/aromatic N) is 2. The van der Waals surface area contributed by atoms with Crippen molar-refractivity contribution in [1.82, 2.24) is 4.98 Å². The highest BCUT2D eigenvalue weighted by Crippen LogP contribution is 2.44. The van der Waals surface area contributed by atoms with Gasteiger partial charge in [-0.3, -0.25) is 13.7 Å². The highest BCUT2D eigenvalue weighted by atomic mass is 32.2. The average Bonchev–Trinajstić information content (AvgIpc) is 2.55. The van der Waals surface area contributed by atoms with Crippen LogP contribution in [-0.2, 0) is 27.7 Å². The molecule has 0 aromatic carbocycles. The predicted molar refractivity (Wildman–Crippen MR) is 87.0 cm³/mol. The van der Waals surface area contributed by atoms with Crippen molar-refractivity contribution < 1.29 is 26.7 Å². The summed E-state index contributed by atoms with van der Waals surface area (Å²) in [5, 5.41) is 0. The van der Waals surface area contributed by atoms with E-state index in [0.717, 1.165) is 16.8 Å². The zero-order valence-electron chi connectivity index (χ0n) is 13.7. The first-order valence-corrected chi connectivity index (χ1v) is 8.96. The molecule has 0 bridgehead atoms. The van der Waals surface area contributed by atoms with Crippen LogP contribution in [0, 0.1) is 0 Å². The van der Waals surface area contributed by atoms with Crippen molar-refractivity contribution in [1.29, 1.82) is 0 Å². The molecular formula is C15H20F3N3O3S. The lowest BCUT2D eigenvalue weighted by atomic mass is 9.68. The topological polar surface area (TPSA) is 96.5 Å². The number of hydrogen-bond donors (Lipinski definition) is 2. The molecule has 1 fully saturated rings. The normalized spacial score (nSPS) is 18.6. The first-order valence-electron chi connectivity index (χ1n) is 7.89. The second-order valence-electron chi connectivity index (χ2n) is 6.03. The van der Waals surface area contributed by atoms with Crippen LogP contribution in [0.2, 0.25) is 0 Å². The summed E-state index contributed by atoms with van der Waals surface area (Å²) in [6, 6.07) is 0.841. The van der Waals surface area contributed by atoms with E-state index < -0.39 is 34.3 Å². The highest BCUT2D eigenvalue weighted by Gasteiger charge is 2.44. The van der Waals surface area contributed by atoms with Crippen molar-refractivity contribution in [3.05, 3.63) is 23.4 Å². The van der Waals surface area contributed by atoms with Gasteiger partial charge in [0.2, 0.25) is 5.91 Å². The molecule has 0 aliphatic heterocycles. The fraction of sp³-hybridized carbons (Fsp3) is 0.600. The summed E-state index contributed by atoms with van der Waals surface area (Å²) in [6.07, 6.45) is -1.36. The van der Waals surface area contributed by atoms with Crippen LogP contribution in [-0.4, -0.2) is 26.2 Å². The number of aromatic nitrogens is 1. The number of rotatable bonds is 5. The molecule has 1 unspecified atom stereocenters. The van der Waals surface area contributed by atoms with Gasteiger partial charge in [0.15, 0.2) is 0 Å². The minimum atomic E-state index is -4.65. The third-order valence-electron chi connectivity index (χ3n) is 4.60. The van der Waals surface area contributed by atoms with Crippen LogP contribution in [0.4, 0.5) is 19.0 Å². The Labute approximate surface area is 146 Å². The van der Waals surface area contributed by atoms with E-state index in [-0.39, 0.29) is 30.8 Å². The molecule has 10 heteroatoms. The number of anilines is 1. The van der Waals surface area contributed by atoms with Gasteiger partial charge in [-0.25, -0.2) is 9.19 Å². The first kappa shape index (κ1) is 19.6. The van der Waals surface area contributed by atoms with E-state index in [1.54, 1.807) is 6.92 Å². The molecule has 1 aliphatic rings. The Morgan fingerprint density at radius 3 is 2.44 bits per heavy atom. The summed E-state index contributed by atoms with van der Waals surface area (Å²) in [5.74, 6) is -0.855. The number of carbonyl (C=O) groups is 1. The number of pyridine rings is 1. The number of halogens is 3. The van der Waals surface area contributed by atoms with Gasteiger partial charge in [-0.2, -0.15) is 13.2 Å². The molecule has 25 heavy (non-hydrogen) atoms. The first-order chi connectivity index (χ1) is 11.6. The largest absolute Gasteiger partial charge is 0.417 e. The number of hydrogen-bond acceptors (Lipinski definition) is 3. The molecule has 2 rings (SSSR count). The molecule has 0 saturated heterocycles. The summed E-state index contributed by atoms with van der Waals surface area (Å²) in [5.41, 5.74) is 3.20. The molecule has 1 aromatic heterocycles. The van der Waals surface area contributed by atoms with Crippen molar-refractivity contribution in [2.24, 2.45) is 5.73 Å². The van der Waals surface area contributed by atoms with Crippen molar-refractivity contribution in [2.75, 3.05) is 10.8 Å². The Morgan fingerprint density at radius 1 is 1.40 bits per heavy atom. The molecule has 1 aliphatic carbocycles. The SMILES string of the molecule is CCN(c1ncc(C(F)(F)F)cc1C1(C(N)=O)CCCCC1)S(=O)O. The second-order valence-corrected chi connectivity index (χ2v) is 6.93. The van der Waals surface area contributed by atoms with E-state index in [4.69, 9.17) is 5.73 Å². The average molecular weight is 379 g/mol. The Balaban J connectivity index is 2.73. The molecule has 1 aromatic rings. The lowest BCUT2D eigenvalue weighted by Crippen LogP contribution is -2.44. The van der Waals surface area contributed by atoms with E-state index in [9.17, 15) is 26.7 Å². The van der Waals surface area contributed by atoms with Crippen LogP contribution in [0.1, 0.15) is 50.2 Å². The van der Waals surface area contributed by atoms with Gasteiger partial charge in [0.25, 0.3) is 11.3 Å². The van der Waals surface area contributed by atoms with Crippen molar-refractivity contribution in [3.63, 3.8) is 0 Å². The van der Waals surface area contributed by atoms with Gasteiger partial charge in [-0.15, -0.1) is 0 Å². The van der Waals surface area contributed by atoms with E-state index in [1.807, 2.05) is 0 Å². The van der Waals surface area contributed by atoms with E-state index in [2.05, 4.69) is 4.98 Å². The maximum absolute atomic E-state index is 13.2. The molecule has 1 amide bonds. The van der Waals surface area contributed by atoms with E-state index >= 15 is 0 Å². The Kier molecular flexibility index (Phi) is 5.72. The van der Waals surface area contributed by atoms with E-state index in [1.165, 1.54) is 0 Å². The minimum absolute atomic E-state index is 0.0289. The van der Waals surface area contributed by atoms with Gasteiger partial charge in [-0.05, 0) is 25.8 Å². The number of alkyl halides is 3. The monoisotopic (exact) mass is 379 g/mol. The van der Waals surface area contributed by atoms with Crippen molar-refractivity contribution in [3.8, 4) is 0 Å². The van der Waals surface area contributed by atoms with Crippen LogP contribution in [0.5, 0.6) is 0 Å². The Morgan fingerprint density at radius 2 is 2.00 bits per heavy atom. The molecule has 0 radical (unpaired) electrons. The Bertz CT molecular complexity index is 676. The lowest BCUT2D eigenvalue weighted by Gasteiger charge is -2.37. The van der Waals surface area contributed by atoms with Gasteiger partial charge >= 0.3 is 6.18 Å². The second kappa shape index (κ2) is 7.28. The van der Waals surface area contributed by atoms with Gasteiger partial charge in [0, 0.05) is 18.3 Å². The molecule has 3 N–H and O–H groups in total. The number of primary amides is 1. The minimum Gasteiger partial charge on any atom is -0.369 e. The molecular weight excluding hydrogens is 359 g/mol. The fourth-order valence-corrected chi connectivity index (χ4v) is 3.82. The summed E-state index contributed by atoms with van der Waals surface area (Å²) < 4.78 is 61.4. The molecule has 1 atom stereocenters. The smallest absolute Gasteiger partial charge is 0.369 e. The quantitative estimate of drug-likeness (QED) is 0.769. The zero-order valence-corrected chi connectivity index (χ0v) is 14.5. The number of carbonyl (C=O) groups excluding carboxylic acids is 1. The molecule has 6 nitrogen and oxygen atoms in total. The van der Waals surface area contributed by atoms with Crippen LogP contribution in [0.15, 0.2) is 12.3 Å². The standard InChI is InChI=1S/C15H20F3N3O3S/c1-2-21(25(23)24)12-11(8-10(9-20-12)15(16,17)18)14(13(19)22)6-4-3-5-7-14/h8-9H,2-7H2,1H3,(H2,19,22)(H,23,24). The van der Waals surface area contributed by atoms with Crippen molar-refractivity contribution in [2.45, 2.75) is 50.6 Å². The maximum atomic E-state index is 13.2. The number of amides is 1. The Hall–Kier alpha value is -1.68. The maximum Gasteiger partial charge on any atom is 0.417 e.